The minimum atomic E-state index is 0. The van der Waals surface area contributed by atoms with Crippen LogP contribution in [0.15, 0.2) is 67.5 Å². The molecule has 1 atom stereocenters. The molecule has 0 N–H and O–H groups in total. The summed E-state index contributed by atoms with van der Waals surface area (Å²) in [6.45, 7) is 4.27. The van der Waals surface area contributed by atoms with E-state index in [-0.39, 0.29) is 24.8 Å². The van der Waals surface area contributed by atoms with Gasteiger partial charge in [0.05, 0.1) is 16.9 Å². The van der Waals surface area contributed by atoms with E-state index in [2.05, 4.69) is 67.2 Å². The van der Waals surface area contributed by atoms with Gasteiger partial charge in [-0.2, -0.15) is 0 Å². The number of halogens is 2. The van der Waals surface area contributed by atoms with Crippen LogP contribution in [0.2, 0.25) is 0 Å². The fraction of sp³-hybridized carbons (Fsp3) is 0.286. The van der Waals surface area contributed by atoms with E-state index in [1.165, 1.54) is 17.3 Å². The van der Waals surface area contributed by atoms with Crippen LogP contribution in [0.1, 0.15) is 12.1 Å². The Kier molecular flexibility index (Phi) is 6.90. The minimum Gasteiger partial charge on any atom is -0.347 e. The third-order valence-electron chi connectivity index (χ3n) is 5.41. The molecule has 3 aromatic heterocycles. The van der Waals surface area contributed by atoms with Gasteiger partial charge in [0.25, 0.3) is 0 Å². The monoisotopic (exact) mass is 430 g/mol. The molecule has 152 valence electrons. The van der Waals surface area contributed by atoms with Gasteiger partial charge in [0.15, 0.2) is 0 Å². The van der Waals surface area contributed by atoms with E-state index in [1.807, 2.05) is 16.8 Å². The van der Waals surface area contributed by atoms with Crippen LogP contribution in [-0.4, -0.2) is 42.3 Å². The smallest absolute Gasteiger partial charge is 0.123 e. The van der Waals surface area contributed by atoms with Crippen LogP contribution < -0.4 is 0 Å². The van der Waals surface area contributed by atoms with Crippen molar-refractivity contribution in [3.05, 3.63) is 73.2 Å². The number of nitrogens with zero attached hydrogens (tertiary/aromatic N) is 6. The van der Waals surface area contributed by atoms with E-state index in [0.717, 1.165) is 37.6 Å². The van der Waals surface area contributed by atoms with Crippen molar-refractivity contribution in [3.8, 4) is 5.69 Å². The molecule has 8 heteroatoms. The largest absolute Gasteiger partial charge is 0.347 e. The molecule has 1 unspecified atom stereocenters. The number of hydrogen-bond donors (Lipinski definition) is 0. The van der Waals surface area contributed by atoms with Crippen LogP contribution in [0.4, 0.5) is 0 Å². The van der Waals surface area contributed by atoms with Gasteiger partial charge in [-0.3, -0.25) is 14.5 Å². The van der Waals surface area contributed by atoms with Gasteiger partial charge in [0.1, 0.15) is 12.7 Å². The molecule has 0 aliphatic carbocycles. The molecule has 29 heavy (non-hydrogen) atoms. The van der Waals surface area contributed by atoms with Crippen LogP contribution in [0.25, 0.3) is 16.6 Å². The summed E-state index contributed by atoms with van der Waals surface area (Å²) in [4.78, 5) is 6.97. The third-order valence-corrected chi connectivity index (χ3v) is 5.41. The maximum Gasteiger partial charge on any atom is 0.123 e. The Hall–Kier alpha value is -2.41. The highest BCUT2D eigenvalue weighted by molar-refractivity contribution is 5.85. The molecule has 0 radical (unpaired) electrons. The van der Waals surface area contributed by atoms with Crippen molar-refractivity contribution in [2.45, 2.75) is 19.5 Å². The molecule has 0 spiro atoms. The lowest BCUT2D eigenvalue weighted by Gasteiger charge is -2.16. The first-order chi connectivity index (χ1) is 13.3. The second-order valence-electron chi connectivity index (χ2n) is 7.29. The summed E-state index contributed by atoms with van der Waals surface area (Å²) in [5, 5.41) is 9.09. The summed E-state index contributed by atoms with van der Waals surface area (Å²) in [5.41, 5.74) is 3.52. The minimum absolute atomic E-state index is 0. The highest BCUT2D eigenvalue weighted by atomic mass is 35.5. The molecule has 5 rings (SSSR count). The molecule has 4 aromatic rings. The van der Waals surface area contributed by atoms with Crippen molar-refractivity contribution >= 4 is 35.7 Å². The molecular formula is C21H24Cl2N6. The van der Waals surface area contributed by atoms with Crippen LogP contribution >= 0.6 is 24.8 Å². The summed E-state index contributed by atoms with van der Waals surface area (Å²) in [6.07, 6.45) is 8.80. The molecular weight excluding hydrogens is 407 g/mol. The van der Waals surface area contributed by atoms with Gasteiger partial charge in [0.2, 0.25) is 0 Å². The van der Waals surface area contributed by atoms with E-state index in [0.29, 0.717) is 5.92 Å². The predicted octanol–water partition coefficient (Wildman–Crippen LogP) is 3.98. The number of aromatic nitrogens is 5. The second kappa shape index (κ2) is 9.39. The maximum atomic E-state index is 4.46. The van der Waals surface area contributed by atoms with Crippen LogP contribution in [0.3, 0.4) is 0 Å². The van der Waals surface area contributed by atoms with Crippen molar-refractivity contribution in [2.75, 3.05) is 13.1 Å². The summed E-state index contributed by atoms with van der Waals surface area (Å²) in [5.74, 6) is 0.669. The summed E-state index contributed by atoms with van der Waals surface area (Å²) in [6, 6.07) is 14.9. The summed E-state index contributed by atoms with van der Waals surface area (Å²) < 4.78 is 4.33. The fourth-order valence-corrected chi connectivity index (χ4v) is 4.03. The number of likely N-dealkylation sites (tertiary alicyclic amines) is 1. The zero-order valence-electron chi connectivity index (χ0n) is 16.0. The predicted molar refractivity (Wildman–Crippen MR) is 119 cm³/mol. The lowest BCUT2D eigenvalue weighted by atomic mass is 10.1. The molecule has 6 nitrogen and oxygen atoms in total. The Morgan fingerprint density at radius 2 is 1.86 bits per heavy atom. The molecule has 0 saturated carbocycles. The van der Waals surface area contributed by atoms with Crippen LogP contribution in [0, 0.1) is 5.92 Å². The normalized spacial score (nSPS) is 16.5. The Balaban J connectivity index is 0.00000120. The lowest BCUT2D eigenvalue weighted by molar-refractivity contribution is 0.306. The highest BCUT2D eigenvalue weighted by Crippen LogP contribution is 2.24. The van der Waals surface area contributed by atoms with E-state index in [4.69, 9.17) is 0 Å². The quantitative estimate of drug-likeness (QED) is 0.480. The number of hydrogen-bond acceptors (Lipinski definition) is 4. The number of fused-ring (bicyclic) bond motifs is 1. The van der Waals surface area contributed by atoms with Crippen molar-refractivity contribution < 1.29 is 0 Å². The SMILES string of the molecule is Cl.Cl.c1ccc(CN2CCC(Cn3ccc4ccc(-n5cnnc5)cc43)C2)nc1. The zero-order chi connectivity index (χ0) is 18.1. The average molecular weight is 431 g/mol. The lowest BCUT2D eigenvalue weighted by Crippen LogP contribution is -2.22. The van der Waals surface area contributed by atoms with Crippen molar-refractivity contribution in [2.24, 2.45) is 5.92 Å². The Morgan fingerprint density at radius 1 is 1.00 bits per heavy atom. The number of rotatable bonds is 5. The van der Waals surface area contributed by atoms with E-state index < -0.39 is 0 Å². The maximum absolute atomic E-state index is 4.46. The third kappa shape index (κ3) is 4.61. The second-order valence-corrected chi connectivity index (χ2v) is 7.29. The Labute approximate surface area is 182 Å². The Morgan fingerprint density at radius 3 is 2.66 bits per heavy atom. The molecule has 1 aromatic carbocycles. The van der Waals surface area contributed by atoms with E-state index in [9.17, 15) is 0 Å². The molecule has 4 heterocycles. The molecule has 1 fully saturated rings. The van der Waals surface area contributed by atoms with E-state index in [1.54, 1.807) is 12.7 Å². The molecule has 0 amide bonds. The van der Waals surface area contributed by atoms with E-state index >= 15 is 0 Å². The fourth-order valence-electron chi connectivity index (χ4n) is 4.03. The van der Waals surface area contributed by atoms with Gasteiger partial charge in [-0.15, -0.1) is 35.0 Å². The van der Waals surface area contributed by atoms with Crippen LogP contribution in [0.5, 0.6) is 0 Å². The van der Waals surface area contributed by atoms with Crippen molar-refractivity contribution in [3.63, 3.8) is 0 Å². The molecule has 1 saturated heterocycles. The molecule has 1 aliphatic heterocycles. The van der Waals surface area contributed by atoms with Gasteiger partial charge in [-0.1, -0.05) is 12.1 Å². The number of pyridine rings is 1. The molecule has 1 aliphatic rings. The topological polar surface area (TPSA) is 51.8 Å². The van der Waals surface area contributed by atoms with Gasteiger partial charge in [0, 0.05) is 32.0 Å². The molecule has 0 bridgehead atoms. The average Bonchev–Trinajstić information content (AvgIpc) is 3.45. The zero-order valence-corrected chi connectivity index (χ0v) is 17.6. The first-order valence-corrected chi connectivity index (χ1v) is 9.41. The van der Waals surface area contributed by atoms with Crippen LogP contribution in [-0.2, 0) is 13.1 Å². The van der Waals surface area contributed by atoms with Crippen molar-refractivity contribution in [1.29, 1.82) is 0 Å². The first-order valence-electron chi connectivity index (χ1n) is 9.41. The first kappa shape index (κ1) is 21.3. The summed E-state index contributed by atoms with van der Waals surface area (Å²) in [7, 11) is 0. The van der Waals surface area contributed by atoms with Gasteiger partial charge in [-0.05, 0) is 54.6 Å². The number of benzene rings is 1. The highest BCUT2D eigenvalue weighted by Gasteiger charge is 2.23. The van der Waals surface area contributed by atoms with Gasteiger partial charge in [-0.25, -0.2) is 0 Å². The van der Waals surface area contributed by atoms with Gasteiger partial charge >= 0.3 is 0 Å². The van der Waals surface area contributed by atoms with Gasteiger partial charge < -0.3 is 4.57 Å². The standard InChI is InChI=1S/C21H22N6.2ClH/c1-2-8-22-19(3-1)14-25-9-6-17(12-25)13-26-10-7-18-4-5-20(11-21(18)26)27-15-23-24-16-27;;/h1-5,7-8,10-11,15-17H,6,9,12-14H2;2*1H. The van der Waals surface area contributed by atoms with Crippen molar-refractivity contribution in [1.82, 2.24) is 29.2 Å². The summed E-state index contributed by atoms with van der Waals surface area (Å²) >= 11 is 0. The Bertz CT molecular complexity index is 1030.